The van der Waals surface area contributed by atoms with Crippen molar-refractivity contribution >= 4 is 5.71 Å². The van der Waals surface area contributed by atoms with Gasteiger partial charge in [0.2, 0.25) is 0 Å². The topological polar surface area (TPSA) is 12.4 Å². The second-order valence-corrected chi connectivity index (χ2v) is 3.65. The van der Waals surface area contributed by atoms with Crippen molar-refractivity contribution in [2.75, 3.05) is 7.05 Å². The molecule has 0 heterocycles. The molecule has 0 unspecified atom stereocenters. The van der Waals surface area contributed by atoms with E-state index in [1.54, 1.807) is 0 Å². The van der Waals surface area contributed by atoms with Gasteiger partial charge in [0.15, 0.2) is 0 Å². The van der Waals surface area contributed by atoms with Crippen molar-refractivity contribution in [3.8, 4) is 0 Å². The maximum Gasteiger partial charge on any atom is 0.0678 e. The van der Waals surface area contributed by atoms with Crippen LogP contribution in [0.25, 0.3) is 0 Å². The van der Waals surface area contributed by atoms with Crippen molar-refractivity contribution in [3.63, 3.8) is 0 Å². The third kappa shape index (κ3) is 2.37. The standard InChI is InChI=1S/C15H15N/c1-16-15(14-11-7-4-8-12-14)13-9-5-2-3-6-10-13/h2-9,11-12H,10H2,1H3. The van der Waals surface area contributed by atoms with Gasteiger partial charge in [-0.15, -0.1) is 0 Å². The van der Waals surface area contributed by atoms with E-state index in [0.717, 1.165) is 12.1 Å². The smallest absolute Gasteiger partial charge is 0.0678 e. The summed E-state index contributed by atoms with van der Waals surface area (Å²) in [6.07, 6.45) is 11.4. The molecule has 0 fully saturated rings. The second kappa shape index (κ2) is 5.26. The van der Waals surface area contributed by atoms with E-state index in [9.17, 15) is 0 Å². The molecule has 1 aromatic rings. The molecule has 1 aliphatic rings. The van der Waals surface area contributed by atoms with Gasteiger partial charge in [-0.2, -0.15) is 0 Å². The first-order valence-electron chi connectivity index (χ1n) is 5.47. The first-order chi connectivity index (χ1) is 7.92. The maximum atomic E-state index is 4.40. The predicted octanol–water partition coefficient (Wildman–Crippen LogP) is 3.55. The number of rotatable bonds is 2. The fourth-order valence-corrected chi connectivity index (χ4v) is 1.81. The largest absolute Gasteiger partial charge is 0.288 e. The minimum Gasteiger partial charge on any atom is -0.288 e. The van der Waals surface area contributed by atoms with Crippen molar-refractivity contribution < 1.29 is 0 Å². The number of allylic oxidation sites excluding steroid dienone is 6. The lowest BCUT2D eigenvalue weighted by atomic mass is 9.99. The van der Waals surface area contributed by atoms with Crippen molar-refractivity contribution in [2.45, 2.75) is 6.42 Å². The van der Waals surface area contributed by atoms with Crippen LogP contribution in [0, 0.1) is 0 Å². The summed E-state index contributed by atoms with van der Waals surface area (Å²) >= 11 is 0. The number of benzene rings is 1. The summed E-state index contributed by atoms with van der Waals surface area (Å²) in [6, 6.07) is 10.3. The quantitative estimate of drug-likeness (QED) is 0.660. The Morgan fingerprint density at radius 1 is 1.06 bits per heavy atom. The van der Waals surface area contributed by atoms with Crippen LogP contribution in [0.4, 0.5) is 0 Å². The zero-order valence-corrected chi connectivity index (χ0v) is 9.43. The summed E-state index contributed by atoms with van der Waals surface area (Å²) in [4.78, 5) is 4.40. The van der Waals surface area contributed by atoms with Crippen molar-refractivity contribution in [1.29, 1.82) is 0 Å². The summed E-state index contributed by atoms with van der Waals surface area (Å²) in [5.41, 5.74) is 3.52. The molecular weight excluding hydrogens is 194 g/mol. The molecule has 0 radical (unpaired) electrons. The number of nitrogens with zero attached hydrogens (tertiary/aromatic N) is 1. The van der Waals surface area contributed by atoms with Gasteiger partial charge in [0.05, 0.1) is 5.71 Å². The Labute approximate surface area is 96.5 Å². The summed E-state index contributed by atoms with van der Waals surface area (Å²) in [5, 5.41) is 0. The Hall–Kier alpha value is -1.89. The molecule has 16 heavy (non-hydrogen) atoms. The molecule has 0 aromatic heterocycles. The Morgan fingerprint density at radius 3 is 2.62 bits per heavy atom. The third-order valence-electron chi connectivity index (χ3n) is 2.57. The van der Waals surface area contributed by atoms with Crippen LogP contribution < -0.4 is 0 Å². The van der Waals surface area contributed by atoms with Gasteiger partial charge in [-0.25, -0.2) is 0 Å². The lowest BCUT2D eigenvalue weighted by molar-refractivity contribution is 1.29. The monoisotopic (exact) mass is 209 g/mol. The highest BCUT2D eigenvalue weighted by atomic mass is 14.7. The second-order valence-electron chi connectivity index (χ2n) is 3.65. The molecule has 80 valence electrons. The summed E-state index contributed by atoms with van der Waals surface area (Å²) in [6.45, 7) is 0. The van der Waals surface area contributed by atoms with Gasteiger partial charge >= 0.3 is 0 Å². The van der Waals surface area contributed by atoms with E-state index in [4.69, 9.17) is 0 Å². The molecular formula is C15H15N. The van der Waals surface area contributed by atoms with E-state index in [1.807, 2.05) is 31.3 Å². The van der Waals surface area contributed by atoms with Crippen LogP contribution in [0.1, 0.15) is 12.0 Å². The van der Waals surface area contributed by atoms with Gasteiger partial charge in [-0.05, 0) is 17.6 Å². The summed E-state index contributed by atoms with van der Waals surface area (Å²) in [7, 11) is 1.85. The molecule has 0 atom stereocenters. The predicted molar refractivity (Wildman–Crippen MR) is 69.9 cm³/mol. The van der Waals surface area contributed by atoms with E-state index in [-0.39, 0.29) is 0 Å². The molecule has 1 aromatic carbocycles. The SMILES string of the molecule is CN=C(C1=CC=CC=CC1)c1ccccc1. The van der Waals surface area contributed by atoms with Crippen molar-refractivity contribution in [2.24, 2.45) is 4.99 Å². The van der Waals surface area contributed by atoms with Crippen LogP contribution in [0.5, 0.6) is 0 Å². The molecule has 0 spiro atoms. The molecule has 0 amide bonds. The molecule has 0 saturated carbocycles. The van der Waals surface area contributed by atoms with Gasteiger partial charge in [-0.1, -0.05) is 60.7 Å². The molecule has 0 aliphatic heterocycles. The van der Waals surface area contributed by atoms with Crippen LogP contribution in [-0.2, 0) is 0 Å². The highest BCUT2D eigenvalue weighted by molar-refractivity contribution is 6.12. The van der Waals surface area contributed by atoms with E-state index >= 15 is 0 Å². The van der Waals surface area contributed by atoms with Crippen LogP contribution in [0.3, 0.4) is 0 Å². The fraction of sp³-hybridized carbons (Fsp3) is 0.133. The van der Waals surface area contributed by atoms with Gasteiger partial charge in [0, 0.05) is 7.05 Å². The van der Waals surface area contributed by atoms with E-state index < -0.39 is 0 Å². The summed E-state index contributed by atoms with van der Waals surface area (Å²) in [5.74, 6) is 0. The molecule has 0 saturated heterocycles. The molecule has 0 bridgehead atoms. The van der Waals surface area contributed by atoms with Gasteiger partial charge in [-0.3, -0.25) is 4.99 Å². The highest BCUT2D eigenvalue weighted by Crippen LogP contribution is 2.15. The molecule has 0 N–H and O–H groups in total. The lowest BCUT2D eigenvalue weighted by Crippen LogP contribution is -2.04. The van der Waals surface area contributed by atoms with Gasteiger partial charge in [0.1, 0.15) is 0 Å². The fourth-order valence-electron chi connectivity index (χ4n) is 1.81. The number of hydrogen-bond acceptors (Lipinski definition) is 1. The first kappa shape index (κ1) is 10.6. The zero-order valence-electron chi connectivity index (χ0n) is 9.43. The van der Waals surface area contributed by atoms with E-state index in [1.165, 1.54) is 11.1 Å². The Bertz CT molecular complexity index is 461. The number of hydrogen-bond donors (Lipinski definition) is 0. The highest BCUT2D eigenvalue weighted by Gasteiger charge is 2.07. The van der Waals surface area contributed by atoms with Crippen LogP contribution in [0.2, 0.25) is 0 Å². The third-order valence-corrected chi connectivity index (χ3v) is 2.57. The summed E-state index contributed by atoms with van der Waals surface area (Å²) < 4.78 is 0. The zero-order chi connectivity index (χ0) is 11.2. The number of aliphatic imine (C=N–C) groups is 1. The Morgan fingerprint density at radius 2 is 1.88 bits per heavy atom. The van der Waals surface area contributed by atoms with Crippen LogP contribution in [0.15, 0.2) is 71.3 Å². The van der Waals surface area contributed by atoms with E-state index in [2.05, 4.69) is 41.4 Å². The van der Waals surface area contributed by atoms with Crippen molar-refractivity contribution in [1.82, 2.24) is 0 Å². The first-order valence-corrected chi connectivity index (χ1v) is 5.47. The molecule has 1 heteroatoms. The van der Waals surface area contributed by atoms with Crippen LogP contribution >= 0.6 is 0 Å². The molecule has 2 rings (SSSR count). The average molecular weight is 209 g/mol. The van der Waals surface area contributed by atoms with Crippen LogP contribution in [-0.4, -0.2) is 12.8 Å². The maximum absolute atomic E-state index is 4.40. The average Bonchev–Trinajstić information content (AvgIpc) is 2.61. The Balaban J connectivity index is 2.35. The van der Waals surface area contributed by atoms with E-state index in [0.29, 0.717) is 0 Å². The lowest BCUT2D eigenvalue weighted by Gasteiger charge is -2.08. The van der Waals surface area contributed by atoms with Gasteiger partial charge in [0.25, 0.3) is 0 Å². The minimum absolute atomic E-state index is 0.939. The minimum atomic E-state index is 0.939. The molecule has 1 aliphatic carbocycles. The Kier molecular flexibility index (Phi) is 3.50. The van der Waals surface area contributed by atoms with Crippen molar-refractivity contribution in [3.05, 3.63) is 71.8 Å². The normalized spacial score (nSPS) is 15.8. The van der Waals surface area contributed by atoms with Gasteiger partial charge < -0.3 is 0 Å². The molecule has 1 nitrogen and oxygen atoms in total.